The van der Waals surface area contributed by atoms with Crippen LogP contribution in [-0.4, -0.2) is 37.0 Å². The maximum atomic E-state index is 13.5. The number of benzene rings is 1. The van der Waals surface area contributed by atoms with Crippen molar-refractivity contribution in [1.82, 2.24) is 10.2 Å². The summed E-state index contributed by atoms with van der Waals surface area (Å²) in [4.78, 5) is 11.8. The van der Waals surface area contributed by atoms with E-state index < -0.39 is 10.7 Å². The minimum Gasteiger partial charge on any atom is -0.318 e. The largest absolute Gasteiger partial charge is 0.318 e. The monoisotopic (exact) mass is 241 g/mol. The van der Waals surface area contributed by atoms with Gasteiger partial charge in [-0.2, -0.15) is 0 Å². The lowest BCUT2D eigenvalue weighted by atomic mass is 10.2. The summed E-state index contributed by atoms with van der Waals surface area (Å²) < 4.78 is 13.5. The molecule has 0 aliphatic heterocycles. The van der Waals surface area contributed by atoms with Gasteiger partial charge in [0, 0.05) is 31.3 Å². The molecule has 0 bridgehead atoms. The van der Waals surface area contributed by atoms with Crippen molar-refractivity contribution in [3.8, 4) is 0 Å². The number of nitro benzene ring substituents is 1. The lowest BCUT2D eigenvalue weighted by Crippen LogP contribution is -2.27. The highest BCUT2D eigenvalue weighted by Gasteiger charge is 2.11. The normalized spacial score (nSPS) is 10.8. The summed E-state index contributed by atoms with van der Waals surface area (Å²) in [5, 5.41) is 13.4. The number of non-ortho nitro benzene ring substituents is 1. The molecule has 94 valence electrons. The van der Waals surface area contributed by atoms with Gasteiger partial charge < -0.3 is 10.2 Å². The number of nitrogens with zero attached hydrogens (tertiary/aromatic N) is 2. The van der Waals surface area contributed by atoms with Gasteiger partial charge >= 0.3 is 0 Å². The Hall–Kier alpha value is -1.53. The van der Waals surface area contributed by atoms with E-state index in [0.717, 1.165) is 19.2 Å². The van der Waals surface area contributed by atoms with Gasteiger partial charge in [0.1, 0.15) is 5.82 Å². The van der Waals surface area contributed by atoms with E-state index in [0.29, 0.717) is 12.1 Å². The number of nitrogens with one attached hydrogen (secondary N) is 1. The predicted octanol–water partition coefficient (Wildman–Crippen LogP) is 1.39. The second-order valence-corrected chi connectivity index (χ2v) is 3.87. The van der Waals surface area contributed by atoms with Gasteiger partial charge in [-0.1, -0.05) is 0 Å². The molecule has 0 aromatic heterocycles. The van der Waals surface area contributed by atoms with Gasteiger partial charge in [0.25, 0.3) is 5.69 Å². The number of halogens is 1. The fourth-order valence-corrected chi connectivity index (χ4v) is 1.45. The molecule has 17 heavy (non-hydrogen) atoms. The zero-order chi connectivity index (χ0) is 12.8. The van der Waals surface area contributed by atoms with Crippen LogP contribution in [0.1, 0.15) is 5.56 Å². The highest BCUT2D eigenvalue weighted by Crippen LogP contribution is 2.17. The summed E-state index contributed by atoms with van der Waals surface area (Å²) in [6, 6.07) is 3.74. The molecule has 0 unspecified atom stereocenters. The van der Waals surface area contributed by atoms with Crippen molar-refractivity contribution in [2.45, 2.75) is 6.54 Å². The van der Waals surface area contributed by atoms with E-state index in [1.807, 2.05) is 19.0 Å². The van der Waals surface area contributed by atoms with E-state index in [1.54, 1.807) is 0 Å². The molecule has 0 saturated carbocycles. The smallest absolute Gasteiger partial charge is 0.272 e. The Bertz CT molecular complexity index is 398. The third kappa shape index (κ3) is 4.08. The number of hydrogen-bond donors (Lipinski definition) is 1. The van der Waals surface area contributed by atoms with Gasteiger partial charge in [0.05, 0.1) is 11.0 Å². The Kier molecular flexibility index (Phi) is 4.99. The molecule has 0 radical (unpaired) electrons. The van der Waals surface area contributed by atoms with Crippen LogP contribution in [0.5, 0.6) is 0 Å². The first-order chi connectivity index (χ1) is 8.04. The van der Waals surface area contributed by atoms with Crippen molar-refractivity contribution in [3.63, 3.8) is 0 Å². The molecule has 1 aromatic rings. The van der Waals surface area contributed by atoms with E-state index in [4.69, 9.17) is 0 Å². The van der Waals surface area contributed by atoms with Crippen LogP contribution >= 0.6 is 0 Å². The third-order valence-corrected chi connectivity index (χ3v) is 2.43. The summed E-state index contributed by atoms with van der Waals surface area (Å²) in [6.07, 6.45) is 0. The zero-order valence-electron chi connectivity index (χ0n) is 9.94. The standard InChI is InChI=1S/C11H16FN3O2/c1-13-5-6-14(2)8-9-3-4-10(15(16)17)7-11(9)12/h3-4,7,13H,5-6,8H2,1-2H3. The quantitative estimate of drug-likeness (QED) is 0.604. The number of nitro groups is 1. The minimum atomic E-state index is -0.600. The molecule has 0 aliphatic carbocycles. The predicted molar refractivity (Wildman–Crippen MR) is 63.3 cm³/mol. The molecule has 1 N–H and O–H groups in total. The first kappa shape index (κ1) is 13.5. The van der Waals surface area contributed by atoms with Crippen LogP contribution in [0.4, 0.5) is 10.1 Å². The van der Waals surface area contributed by atoms with Crippen LogP contribution in [0.2, 0.25) is 0 Å². The molecule has 0 fully saturated rings. The third-order valence-electron chi connectivity index (χ3n) is 2.43. The maximum absolute atomic E-state index is 13.5. The highest BCUT2D eigenvalue weighted by atomic mass is 19.1. The number of hydrogen-bond acceptors (Lipinski definition) is 4. The van der Waals surface area contributed by atoms with Crippen molar-refractivity contribution >= 4 is 5.69 Å². The van der Waals surface area contributed by atoms with Crippen molar-refractivity contribution in [2.75, 3.05) is 27.2 Å². The van der Waals surface area contributed by atoms with Crippen molar-refractivity contribution in [2.24, 2.45) is 0 Å². The maximum Gasteiger partial charge on any atom is 0.272 e. The molecule has 0 amide bonds. The van der Waals surface area contributed by atoms with Gasteiger partial charge in [-0.3, -0.25) is 10.1 Å². The second kappa shape index (κ2) is 6.27. The van der Waals surface area contributed by atoms with Gasteiger partial charge in [-0.15, -0.1) is 0 Å². The van der Waals surface area contributed by atoms with Crippen molar-refractivity contribution < 1.29 is 9.31 Å². The second-order valence-electron chi connectivity index (χ2n) is 3.87. The Balaban J connectivity index is 2.69. The summed E-state index contributed by atoms with van der Waals surface area (Å²) in [5.41, 5.74) is 0.248. The fourth-order valence-electron chi connectivity index (χ4n) is 1.45. The topological polar surface area (TPSA) is 58.4 Å². The molecule has 0 heterocycles. The van der Waals surface area contributed by atoms with Crippen molar-refractivity contribution in [1.29, 1.82) is 0 Å². The van der Waals surface area contributed by atoms with E-state index >= 15 is 0 Å². The van der Waals surface area contributed by atoms with Crippen LogP contribution in [0.3, 0.4) is 0 Å². The van der Waals surface area contributed by atoms with E-state index in [-0.39, 0.29) is 5.69 Å². The lowest BCUT2D eigenvalue weighted by molar-refractivity contribution is -0.385. The van der Waals surface area contributed by atoms with Crippen LogP contribution in [0, 0.1) is 15.9 Å². The zero-order valence-corrected chi connectivity index (χ0v) is 9.94. The van der Waals surface area contributed by atoms with Crippen LogP contribution in [0.15, 0.2) is 18.2 Å². The molecule has 0 saturated heterocycles. The SMILES string of the molecule is CNCCN(C)Cc1ccc([N+](=O)[O-])cc1F. The molecule has 0 spiro atoms. The van der Waals surface area contributed by atoms with Gasteiger partial charge in [-0.05, 0) is 20.2 Å². The van der Waals surface area contributed by atoms with E-state index in [9.17, 15) is 14.5 Å². The van der Waals surface area contributed by atoms with E-state index in [1.165, 1.54) is 12.1 Å². The first-order valence-corrected chi connectivity index (χ1v) is 5.30. The van der Waals surface area contributed by atoms with Gasteiger partial charge in [0.15, 0.2) is 0 Å². The molecule has 6 heteroatoms. The molecule has 0 aliphatic rings. The summed E-state index contributed by atoms with van der Waals surface area (Å²) in [5.74, 6) is -0.532. The Morgan fingerprint density at radius 1 is 1.53 bits per heavy atom. The summed E-state index contributed by atoms with van der Waals surface area (Å²) in [6.45, 7) is 2.03. The fraction of sp³-hybridized carbons (Fsp3) is 0.455. The average molecular weight is 241 g/mol. The van der Waals surface area contributed by atoms with Crippen LogP contribution in [0.25, 0.3) is 0 Å². The molecule has 1 aromatic carbocycles. The van der Waals surface area contributed by atoms with Crippen molar-refractivity contribution in [3.05, 3.63) is 39.7 Å². The lowest BCUT2D eigenvalue weighted by Gasteiger charge is -2.16. The highest BCUT2D eigenvalue weighted by molar-refractivity contribution is 5.34. The Morgan fingerprint density at radius 2 is 2.24 bits per heavy atom. The average Bonchev–Trinajstić information content (AvgIpc) is 2.28. The van der Waals surface area contributed by atoms with Crippen LogP contribution in [-0.2, 0) is 6.54 Å². The molecule has 1 rings (SSSR count). The molecular formula is C11H16FN3O2. The Labute approximate surface area is 99.4 Å². The van der Waals surface area contributed by atoms with Gasteiger partial charge in [-0.25, -0.2) is 4.39 Å². The molecule has 0 atom stereocenters. The minimum absolute atomic E-state index is 0.218. The Morgan fingerprint density at radius 3 is 2.76 bits per heavy atom. The van der Waals surface area contributed by atoms with Gasteiger partial charge in [0.2, 0.25) is 0 Å². The summed E-state index contributed by atoms with van der Waals surface area (Å²) >= 11 is 0. The first-order valence-electron chi connectivity index (χ1n) is 5.30. The van der Waals surface area contributed by atoms with E-state index in [2.05, 4.69) is 5.32 Å². The molecular weight excluding hydrogens is 225 g/mol. The van der Waals surface area contributed by atoms with Crippen LogP contribution < -0.4 is 5.32 Å². The number of likely N-dealkylation sites (N-methyl/N-ethyl adjacent to an activating group) is 2. The molecule has 5 nitrogen and oxygen atoms in total. The number of rotatable bonds is 6. The summed E-state index contributed by atoms with van der Waals surface area (Å²) in [7, 11) is 3.72.